The molecule has 1 fully saturated rings. The van der Waals surface area contributed by atoms with Crippen LogP contribution in [0.3, 0.4) is 0 Å². The van der Waals surface area contributed by atoms with Crippen LogP contribution >= 0.6 is 0 Å². The number of nitrogens with zero attached hydrogens (tertiary/aromatic N) is 1. The molecule has 0 aromatic carbocycles. The molecule has 17 heavy (non-hydrogen) atoms. The number of aliphatic hydroxyl groups is 1. The average Bonchev–Trinajstić information content (AvgIpc) is 2.56. The highest BCUT2D eigenvalue weighted by Crippen LogP contribution is 2.18. The summed E-state index contributed by atoms with van der Waals surface area (Å²) < 4.78 is 0. The Bertz CT molecular complexity index is 367. The SMILES string of the molecule is O=C(NC1CCCCCC1O)c1cccnc1. The van der Waals surface area contributed by atoms with Gasteiger partial charge < -0.3 is 10.4 Å². The highest BCUT2D eigenvalue weighted by atomic mass is 16.3. The Kier molecular flexibility index (Phi) is 4.09. The van der Waals surface area contributed by atoms with E-state index in [4.69, 9.17) is 0 Å². The molecule has 0 saturated heterocycles. The molecule has 1 aromatic heterocycles. The van der Waals surface area contributed by atoms with Gasteiger partial charge in [-0.15, -0.1) is 0 Å². The molecule has 1 heterocycles. The van der Waals surface area contributed by atoms with Crippen molar-refractivity contribution in [3.05, 3.63) is 30.1 Å². The second-order valence-corrected chi connectivity index (χ2v) is 4.53. The zero-order valence-electron chi connectivity index (χ0n) is 9.80. The predicted octanol–water partition coefficient (Wildman–Crippen LogP) is 1.50. The molecule has 4 heteroatoms. The number of pyridine rings is 1. The topological polar surface area (TPSA) is 62.2 Å². The van der Waals surface area contributed by atoms with Gasteiger partial charge in [0.2, 0.25) is 0 Å². The summed E-state index contributed by atoms with van der Waals surface area (Å²) >= 11 is 0. The summed E-state index contributed by atoms with van der Waals surface area (Å²) in [6.07, 6.45) is 7.63. The summed E-state index contributed by atoms with van der Waals surface area (Å²) in [7, 11) is 0. The lowest BCUT2D eigenvalue weighted by molar-refractivity contribution is 0.0818. The molecule has 0 spiro atoms. The Labute approximate surface area is 101 Å². The molecule has 2 atom stereocenters. The largest absolute Gasteiger partial charge is 0.391 e. The van der Waals surface area contributed by atoms with Gasteiger partial charge in [0.25, 0.3) is 5.91 Å². The van der Waals surface area contributed by atoms with Crippen LogP contribution in [0.15, 0.2) is 24.5 Å². The molecule has 0 bridgehead atoms. The molecule has 1 amide bonds. The molecule has 1 aliphatic rings. The number of nitrogens with one attached hydrogen (secondary N) is 1. The van der Waals surface area contributed by atoms with Crippen LogP contribution in [0.2, 0.25) is 0 Å². The van der Waals surface area contributed by atoms with Crippen LogP contribution < -0.4 is 5.32 Å². The van der Waals surface area contributed by atoms with Crippen molar-refractivity contribution in [1.82, 2.24) is 10.3 Å². The van der Waals surface area contributed by atoms with E-state index in [0.29, 0.717) is 5.56 Å². The number of hydrogen-bond acceptors (Lipinski definition) is 3. The van der Waals surface area contributed by atoms with Gasteiger partial charge in [-0.05, 0) is 25.0 Å². The van der Waals surface area contributed by atoms with Gasteiger partial charge in [0.1, 0.15) is 0 Å². The lowest BCUT2D eigenvalue weighted by atomic mass is 10.1. The Balaban J connectivity index is 1.98. The maximum Gasteiger partial charge on any atom is 0.253 e. The fourth-order valence-corrected chi connectivity index (χ4v) is 2.21. The van der Waals surface area contributed by atoms with Gasteiger partial charge in [-0.2, -0.15) is 0 Å². The van der Waals surface area contributed by atoms with E-state index in [-0.39, 0.29) is 11.9 Å². The van der Waals surface area contributed by atoms with Crippen molar-refractivity contribution in [2.75, 3.05) is 0 Å². The fraction of sp³-hybridized carbons (Fsp3) is 0.538. The first kappa shape index (κ1) is 12.0. The second-order valence-electron chi connectivity index (χ2n) is 4.53. The minimum Gasteiger partial charge on any atom is -0.391 e. The lowest BCUT2D eigenvalue weighted by Gasteiger charge is -2.21. The van der Waals surface area contributed by atoms with Crippen molar-refractivity contribution >= 4 is 5.91 Å². The van der Waals surface area contributed by atoms with Crippen LogP contribution in [-0.2, 0) is 0 Å². The first-order valence-electron chi connectivity index (χ1n) is 6.16. The van der Waals surface area contributed by atoms with Crippen molar-refractivity contribution in [2.45, 2.75) is 44.2 Å². The number of amides is 1. The standard InChI is InChI=1S/C13H18N2O2/c16-12-7-3-1-2-6-11(12)15-13(17)10-5-4-8-14-9-10/h4-5,8-9,11-12,16H,1-3,6-7H2,(H,15,17). The van der Waals surface area contributed by atoms with Crippen molar-refractivity contribution in [3.8, 4) is 0 Å². The Hall–Kier alpha value is -1.42. The third-order valence-electron chi connectivity index (χ3n) is 3.22. The number of rotatable bonds is 2. The summed E-state index contributed by atoms with van der Waals surface area (Å²) in [6.45, 7) is 0. The first-order chi connectivity index (χ1) is 8.27. The molecular weight excluding hydrogens is 216 g/mol. The van der Waals surface area contributed by atoms with Crippen LogP contribution in [0.25, 0.3) is 0 Å². The summed E-state index contributed by atoms with van der Waals surface area (Å²) in [5.41, 5.74) is 0.545. The van der Waals surface area contributed by atoms with Crippen LogP contribution in [-0.4, -0.2) is 28.1 Å². The van der Waals surface area contributed by atoms with Crippen LogP contribution in [0.4, 0.5) is 0 Å². The van der Waals surface area contributed by atoms with Crippen molar-refractivity contribution in [2.24, 2.45) is 0 Å². The van der Waals surface area contributed by atoms with Crippen molar-refractivity contribution < 1.29 is 9.90 Å². The van der Waals surface area contributed by atoms with Gasteiger partial charge in [0.15, 0.2) is 0 Å². The minimum absolute atomic E-state index is 0.120. The van der Waals surface area contributed by atoms with Crippen molar-refractivity contribution in [1.29, 1.82) is 0 Å². The molecule has 1 aromatic rings. The van der Waals surface area contributed by atoms with Crippen LogP contribution in [0.5, 0.6) is 0 Å². The second kappa shape index (κ2) is 5.77. The summed E-state index contributed by atoms with van der Waals surface area (Å²) in [4.78, 5) is 15.8. The molecule has 2 rings (SSSR count). The molecule has 2 N–H and O–H groups in total. The van der Waals surface area contributed by atoms with Gasteiger partial charge in [0.05, 0.1) is 17.7 Å². The highest BCUT2D eigenvalue weighted by molar-refractivity contribution is 5.94. The smallest absolute Gasteiger partial charge is 0.253 e. The Morgan fingerprint density at radius 1 is 1.35 bits per heavy atom. The molecule has 0 aliphatic heterocycles. The van der Waals surface area contributed by atoms with Gasteiger partial charge in [-0.1, -0.05) is 19.3 Å². The third kappa shape index (κ3) is 3.27. The Morgan fingerprint density at radius 3 is 2.94 bits per heavy atom. The summed E-state index contributed by atoms with van der Waals surface area (Å²) in [5.74, 6) is -0.149. The molecule has 1 aliphatic carbocycles. The monoisotopic (exact) mass is 234 g/mol. The minimum atomic E-state index is -0.418. The molecule has 4 nitrogen and oxygen atoms in total. The van der Waals surface area contributed by atoms with Gasteiger partial charge >= 0.3 is 0 Å². The zero-order chi connectivity index (χ0) is 12.1. The maximum atomic E-state index is 11.9. The fourth-order valence-electron chi connectivity index (χ4n) is 2.21. The summed E-state index contributed by atoms with van der Waals surface area (Å²) in [6, 6.07) is 3.34. The predicted molar refractivity (Wildman–Crippen MR) is 64.6 cm³/mol. The average molecular weight is 234 g/mol. The van der Waals surface area contributed by atoms with E-state index >= 15 is 0 Å². The normalized spacial score (nSPS) is 25.0. The first-order valence-corrected chi connectivity index (χ1v) is 6.16. The van der Waals surface area contributed by atoms with Crippen molar-refractivity contribution in [3.63, 3.8) is 0 Å². The van der Waals surface area contributed by atoms with E-state index in [2.05, 4.69) is 10.3 Å². The number of aromatic nitrogens is 1. The molecule has 2 unspecified atom stereocenters. The van der Waals surface area contributed by atoms with E-state index in [9.17, 15) is 9.90 Å². The quantitative estimate of drug-likeness (QED) is 0.762. The van der Waals surface area contributed by atoms with Gasteiger partial charge in [0, 0.05) is 12.4 Å². The third-order valence-corrected chi connectivity index (χ3v) is 3.22. The summed E-state index contributed by atoms with van der Waals surface area (Å²) in [5, 5.41) is 12.8. The van der Waals surface area contributed by atoms with E-state index in [1.54, 1.807) is 24.5 Å². The highest BCUT2D eigenvalue weighted by Gasteiger charge is 2.23. The number of aliphatic hydroxyl groups excluding tert-OH is 1. The number of carbonyl (C=O) groups is 1. The van der Waals surface area contributed by atoms with Crippen LogP contribution in [0.1, 0.15) is 42.5 Å². The van der Waals surface area contributed by atoms with E-state index < -0.39 is 6.10 Å². The molecule has 92 valence electrons. The Morgan fingerprint density at radius 2 is 2.18 bits per heavy atom. The van der Waals surface area contributed by atoms with E-state index in [0.717, 1.165) is 32.1 Å². The number of hydrogen-bond donors (Lipinski definition) is 2. The molecular formula is C13H18N2O2. The van der Waals surface area contributed by atoms with Gasteiger partial charge in [-0.3, -0.25) is 9.78 Å². The molecule has 0 radical (unpaired) electrons. The molecule has 1 saturated carbocycles. The van der Waals surface area contributed by atoms with E-state index in [1.807, 2.05) is 0 Å². The van der Waals surface area contributed by atoms with Gasteiger partial charge in [-0.25, -0.2) is 0 Å². The number of carbonyl (C=O) groups excluding carboxylic acids is 1. The lowest BCUT2D eigenvalue weighted by Crippen LogP contribution is -2.42. The zero-order valence-corrected chi connectivity index (χ0v) is 9.80. The van der Waals surface area contributed by atoms with E-state index in [1.165, 1.54) is 0 Å². The van der Waals surface area contributed by atoms with Crippen LogP contribution in [0, 0.1) is 0 Å². The maximum absolute atomic E-state index is 11.9.